The molecule has 1 saturated heterocycles. The Hall–Kier alpha value is -1.18. The zero-order valence-electron chi connectivity index (χ0n) is 10.6. The van der Waals surface area contributed by atoms with Crippen molar-refractivity contribution in [2.24, 2.45) is 0 Å². The van der Waals surface area contributed by atoms with E-state index >= 15 is 0 Å². The molecule has 1 aliphatic rings. The van der Waals surface area contributed by atoms with Gasteiger partial charge in [0.15, 0.2) is 0 Å². The maximum absolute atomic E-state index is 12.0. The Balaban J connectivity index is 0.00000200. The molecule has 2 N–H and O–H groups in total. The smallest absolute Gasteiger partial charge is 0.270 e. The Bertz CT molecular complexity index is 507. The predicted octanol–water partition coefficient (Wildman–Crippen LogP) is 2.26. The average molecular weight is 365 g/mol. The largest absolute Gasteiger partial charge is 0.350 e. The fourth-order valence-corrected chi connectivity index (χ4v) is 2.59. The molecule has 6 nitrogen and oxygen atoms in total. The summed E-state index contributed by atoms with van der Waals surface area (Å²) in [5, 5.41) is 16.7. The highest BCUT2D eigenvalue weighted by Crippen LogP contribution is 2.22. The summed E-state index contributed by atoms with van der Waals surface area (Å²) in [6.07, 6.45) is 2.18. The standard InChI is InChI=1S/C12H14BrN3O3.ClH/c13-11-6-9(16(18)19)3-4-10(11)12(17)15-7-8-2-1-5-14-8;/h3-4,6,8,14H,1-2,5,7H2,(H,15,17);1H. The fourth-order valence-electron chi connectivity index (χ4n) is 2.04. The first-order valence-corrected chi connectivity index (χ1v) is 6.83. The molecular formula is C12H15BrClN3O3. The van der Waals surface area contributed by atoms with E-state index in [4.69, 9.17) is 0 Å². The van der Waals surface area contributed by atoms with Gasteiger partial charge in [0.2, 0.25) is 0 Å². The number of benzene rings is 1. The Morgan fingerprint density at radius 1 is 1.55 bits per heavy atom. The summed E-state index contributed by atoms with van der Waals surface area (Å²) in [6, 6.07) is 4.44. The molecule has 1 unspecified atom stereocenters. The van der Waals surface area contributed by atoms with E-state index in [0.29, 0.717) is 22.6 Å². The summed E-state index contributed by atoms with van der Waals surface area (Å²) in [4.78, 5) is 22.1. The van der Waals surface area contributed by atoms with E-state index in [1.807, 2.05) is 0 Å². The number of halogens is 2. The number of amides is 1. The average Bonchev–Trinajstić information content (AvgIpc) is 2.88. The van der Waals surface area contributed by atoms with Gasteiger partial charge in [-0.3, -0.25) is 14.9 Å². The van der Waals surface area contributed by atoms with Crippen molar-refractivity contribution in [3.05, 3.63) is 38.3 Å². The van der Waals surface area contributed by atoms with Gasteiger partial charge in [-0.25, -0.2) is 0 Å². The second-order valence-electron chi connectivity index (χ2n) is 4.42. The molecule has 1 aromatic carbocycles. The van der Waals surface area contributed by atoms with Crippen molar-refractivity contribution in [2.45, 2.75) is 18.9 Å². The Morgan fingerprint density at radius 3 is 2.85 bits per heavy atom. The van der Waals surface area contributed by atoms with Crippen molar-refractivity contribution in [3.8, 4) is 0 Å². The summed E-state index contributed by atoms with van der Waals surface area (Å²) >= 11 is 3.19. The number of hydrogen-bond acceptors (Lipinski definition) is 4. The van der Waals surface area contributed by atoms with E-state index in [9.17, 15) is 14.9 Å². The van der Waals surface area contributed by atoms with Crippen LogP contribution in [-0.4, -0.2) is 30.0 Å². The second kappa shape index (κ2) is 7.56. The lowest BCUT2D eigenvalue weighted by Crippen LogP contribution is -2.37. The first-order chi connectivity index (χ1) is 9.08. The van der Waals surface area contributed by atoms with E-state index < -0.39 is 4.92 Å². The number of nitro groups is 1. The third-order valence-corrected chi connectivity index (χ3v) is 3.74. The number of hydrogen-bond donors (Lipinski definition) is 2. The minimum Gasteiger partial charge on any atom is -0.350 e. The topological polar surface area (TPSA) is 84.3 Å². The Kier molecular flexibility index (Phi) is 6.38. The summed E-state index contributed by atoms with van der Waals surface area (Å²) in [7, 11) is 0. The minimum atomic E-state index is -0.491. The van der Waals surface area contributed by atoms with Gasteiger partial charge in [-0.2, -0.15) is 0 Å². The summed E-state index contributed by atoms with van der Waals surface area (Å²) < 4.78 is 0.429. The first kappa shape index (κ1) is 16.9. The van der Waals surface area contributed by atoms with Crippen molar-refractivity contribution in [1.29, 1.82) is 0 Å². The second-order valence-corrected chi connectivity index (χ2v) is 5.28. The number of non-ortho nitro benzene ring substituents is 1. The molecule has 1 fully saturated rings. The van der Waals surface area contributed by atoms with Gasteiger partial charge >= 0.3 is 0 Å². The van der Waals surface area contributed by atoms with Gasteiger partial charge in [0.1, 0.15) is 0 Å². The van der Waals surface area contributed by atoms with Crippen LogP contribution in [0.5, 0.6) is 0 Å². The zero-order chi connectivity index (χ0) is 13.8. The molecule has 110 valence electrons. The van der Waals surface area contributed by atoms with Crippen LogP contribution in [0.4, 0.5) is 5.69 Å². The highest BCUT2D eigenvalue weighted by molar-refractivity contribution is 9.10. The van der Waals surface area contributed by atoms with Gasteiger partial charge in [-0.05, 0) is 41.4 Å². The number of carbonyl (C=O) groups excluding carboxylic acids is 1. The van der Waals surface area contributed by atoms with E-state index in [0.717, 1.165) is 19.4 Å². The van der Waals surface area contributed by atoms with E-state index in [2.05, 4.69) is 26.6 Å². The van der Waals surface area contributed by atoms with Crippen molar-refractivity contribution in [1.82, 2.24) is 10.6 Å². The van der Waals surface area contributed by atoms with Gasteiger partial charge in [-0.15, -0.1) is 12.4 Å². The minimum absolute atomic E-state index is 0. The van der Waals surface area contributed by atoms with Gasteiger partial charge in [0.05, 0.1) is 10.5 Å². The highest BCUT2D eigenvalue weighted by atomic mass is 79.9. The van der Waals surface area contributed by atoms with Crippen LogP contribution >= 0.6 is 28.3 Å². The molecule has 1 aromatic rings. The Labute approximate surface area is 131 Å². The van der Waals surface area contributed by atoms with Crippen LogP contribution in [0.1, 0.15) is 23.2 Å². The summed E-state index contributed by atoms with van der Waals surface area (Å²) in [5.74, 6) is -0.226. The van der Waals surface area contributed by atoms with Crippen LogP contribution in [-0.2, 0) is 0 Å². The zero-order valence-corrected chi connectivity index (χ0v) is 13.0. The number of rotatable bonds is 4. The number of carbonyl (C=O) groups is 1. The lowest BCUT2D eigenvalue weighted by atomic mass is 10.2. The fraction of sp³-hybridized carbons (Fsp3) is 0.417. The molecule has 2 rings (SSSR count). The number of nitro benzene ring substituents is 1. The van der Waals surface area contributed by atoms with Gasteiger partial charge < -0.3 is 10.6 Å². The van der Waals surface area contributed by atoms with Crippen molar-refractivity contribution in [3.63, 3.8) is 0 Å². The molecule has 1 amide bonds. The van der Waals surface area contributed by atoms with E-state index in [1.165, 1.54) is 18.2 Å². The summed E-state index contributed by atoms with van der Waals surface area (Å²) in [5.41, 5.74) is 0.365. The van der Waals surface area contributed by atoms with Gasteiger partial charge in [0.25, 0.3) is 11.6 Å². The molecule has 0 radical (unpaired) electrons. The predicted molar refractivity (Wildman–Crippen MR) is 81.4 cm³/mol. The lowest BCUT2D eigenvalue weighted by molar-refractivity contribution is -0.384. The molecule has 8 heteroatoms. The van der Waals surface area contributed by atoms with Crippen LogP contribution in [0.15, 0.2) is 22.7 Å². The maximum Gasteiger partial charge on any atom is 0.270 e. The Morgan fingerprint density at radius 2 is 2.30 bits per heavy atom. The maximum atomic E-state index is 12.0. The van der Waals surface area contributed by atoms with Crippen LogP contribution < -0.4 is 10.6 Å². The van der Waals surface area contributed by atoms with Crippen LogP contribution in [0.3, 0.4) is 0 Å². The first-order valence-electron chi connectivity index (χ1n) is 6.03. The number of nitrogens with one attached hydrogen (secondary N) is 2. The normalized spacial score (nSPS) is 17.4. The molecule has 0 saturated carbocycles. The molecule has 0 bridgehead atoms. The lowest BCUT2D eigenvalue weighted by Gasteiger charge is -2.12. The molecule has 0 aliphatic carbocycles. The molecule has 20 heavy (non-hydrogen) atoms. The van der Waals surface area contributed by atoms with Crippen LogP contribution in [0, 0.1) is 10.1 Å². The SMILES string of the molecule is Cl.O=C(NCC1CCCN1)c1ccc([N+](=O)[O-])cc1Br. The highest BCUT2D eigenvalue weighted by Gasteiger charge is 2.17. The van der Waals surface area contributed by atoms with E-state index in [1.54, 1.807) is 0 Å². The molecular weight excluding hydrogens is 350 g/mol. The van der Waals surface area contributed by atoms with Crippen LogP contribution in [0.2, 0.25) is 0 Å². The third kappa shape index (κ3) is 4.16. The molecule has 0 aromatic heterocycles. The van der Waals surface area contributed by atoms with Crippen molar-refractivity contribution in [2.75, 3.05) is 13.1 Å². The van der Waals surface area contributed by atoms with E-state index in [-0.39, 0.29) is 24.0 Å². The molecule has 1 heterocycles. The molecule has 0 spiro atoms. The van der Waals surface area contributed by atoms with Crippen molar-refractivity contribution < 1.29 is 9.72 Å². The quantitative estimate of drug-likeness (QED) is 0.634. The monoisotopic (exact) mass is 363 g/mol. The van der Waals surface area contributed by atoms with Crippen LogP contribution in [0.25, 0.3) is 0 Å². The van der Waals surface area contributed by atoms with Gasteiger partial charge in [-0.1, -0.05) is 0 Å². The summed E-state index contributed by atoms with van der Waals surface area (Å²) in [6.45, 7) is 1.56. The number of nitrogens with zero attached hydrogens (tertiary/aromatic N) is 1. The van der Waals surface area contributed by atoms with Gasteiger partial charge in [0, 0.05) is 29.2 Å². The molecule has 1 atom stereocenters. The van der Waals surface area contributed by atoms with Crippen molar-refractivity contribution >= 4 is 39.9 Å². The third-order valence-electron chi connectivity index (χ3n) is 3.08. The molecule has 1 aliphatic heterocycles.